The van der Waals surface area contributed by atoms with Gasteiger partial charge in [0.05, 0.1) is 12.7 Å². The maximum absolute atomic E-state index is 5.81. The lowest BCUT2D eigenvalue weighted by Crippen LogP contribution is -2.26. The zero-order chi connectivity index (χ0) is 12.2. The van der Waals surface area contributed by atoms with Crippen molar-refractivity contribution in [1.29, 1.82) is 0 Å². The van der Waals surface area contributed by atoms with E-state index in [-0.39, 0.29) is 12.0 Å². The monoisotopic (exact) mass is 240 g/mol. The van der Waals surface area contributed by atoms with Crippen molar-refractivity contribution in [3.05, 3.63) is 71.8 Å². The van der Waals surface area contributed by atoms with Gasteiger partial charge in [-0.1, -0.05) is 60.7 Å². The van der Waals surface area contributed by atoms with E-state index in [0.29, 0.717) is 13.4 Å². The van der Waals surface area contributed by atoms with Gasteiger partial charge in [-0.15, -0.1) is 0 Å². The number of benzene rings is 2. The van der Waals surface area contributed by atoms with Gasteiger partial charge in [0.15, 0.2) is 0 Å². The van der Waals surface area contributed by atoms with Crippen molar-refractivity contribution < 1.29 is 9.47 Å². The Labute approximate surface area is 107 Å². The summed E-state index contributed by atoms with van der Waals surface area (Å²) in [6, 6.07) is 20.8. The maximum Gasteiger partial charge on any atom is 0.147 e. The Morgan fingerprint density at radius 1 is 0.778 bits per heavy atom. The minimum absolute atomic E-state index is 0.0855. The van der Waals surface area contributed by atoms with Crippen LogP contribution in [-0.4, -0.2) is 13.4 Å². The van der Waals surface area contributed by atoms with Gasteiger partial charge in [0.2, 0.25) is 0 Å². The SMILES string of the molecule is c1ccc(C2COCOC2c2ccccc2)cc1. The fraction of sp³-hybridized carbons (Fsp3) is 0.250. The molecule has 1 fully saturated rings. The summed E-state index contributed by atoms with van der Waals surface area (Å²) in [5.74, 6) is 0.266. The molecule has 0 saturated carbocycles. The number of hydrogen-bond donors (Lipinski definition) is 0. The molecule has 1 aliphatic heterocycles. The third kappa shape index (κ3) is 2.30. The summed E-state index contributed by atoms with van der Waals surface area (Å²) in [5, 5.41) is 0. The number of rotatable bonds is 2. The van der Waals surface area contributed by atoms with E-state index in [0.717, 1.165) is 0 Å². The molecule has 0 radical (unpaired) electrons. The summed E-state index contributed by atoms with van der Waals surface area (Å²) < 4.78 is 11.3. The minimum Gasteiger partial charge on any atom is -0.355 e. The van der Waals surface area contributed by atoms with Crippen molar-refractivity contribution in [3.63, 3.8) is 0 Å². The Hall–Kier alpha value is -1.64. The van der Waals surface area contributed by atoms with E-state index in [2.05, 4.69) is 48.5 Å². The Kier molecular flexibility index (Phi) is 3.40. The van der Waals surface area contributed by atoms with Gasteiger partial charge in [0, 0.05) is 5.92 Å². The zero-order valence-electron chi connectivity index (χ0n) is 10.2. The van der Waals surface area contributed by atoms with Crippen LogP contribution in [0.25, 0.3) is 0 Å². The highest BCUT2D eigenvalue weighted by molar-refractivity contribution is 5.27. The second-order valence-corrected chi connectivity index (χ2v) is 4.50. The van der Waals surface area contributed by atoms with E-state index in [1.165, 1.54) is 11.1 Å². The lowest BCUT2D eigenvalue weighted by molar-refractivity contribution is -0.153. The van der Waals surface area contributed by atoms with Gasteiger partial charge in [0.25, 0.3) is 0 Å². The fourth-order valence-electron chi connectivity index (χ4n) is 2.44. The summed E-state index contributed by atoms with van der Waals surface area (Å²) in [5.41, 5.74) is 2.49. The first kappa shape index (κ1) is 11.5. The van der Waals surface area contributed by atoms with Crippen LogP contribution in [0.1, 0.15) is 23.1 Å². The molecular formula is C16H16O2. The summed E-state index contributed by atoms with van der Waals surface area (Å²) in [6.07, 6.45) is 0.0855. The molecule has 0 aliphatic carbocycles. The molecule has 2 heteroatoms. The standard InChI is InChI=1S/C16H16O2/c1-3-7-13(8-4-1)15-11-17-12-18-16(15)14-9-5-2-6-10-14/h1-10,15-16H,11-12H2. The summed E-state index contributed by atoms with van der Waals surface area (Å²) >= 11 is 0. The van der Waals surface area contributed by atoms with Crippen molar-refractivity contribution in [2.24, 2.45) is 0 Å². The van der Waals surface area contributed by atoms with Crippen LogP contribution in [0.3, 0.4) is 0 Å². The van der Waals surface area contributed by atoms with Crippen molar-refractivity contribution in [2.75, 3.05) is 13.4 Å². The maximum atomic E-state index is 5.81. The van der Waals surface area contributed by atoms with Crippen LogP contribution >= 0.6 is 0 Å². The molecule has 0 amide bonds. The highest BCUT2D eigenvalue weighted by Crippen LogP contribution is 2.36. The zero-order valence-corrected chi connectivity index (χ0v) is 10.2. The first-order valence-electron chi connectivity index (χ1n) is 6.24. The van der Waals surface area contributed by atoms with Gasteiger partial charge in [-0.3, -0.25) is 0 Å². The Bertz CT molecular complexity index is 433. The van der Waals surface area contributed by atoms with Crippen molar-refractivity contribution in [3.8, 4) is 0 Å². The first-order valence-corrected chi connectivity index (χ1v) is 6.24. The molecule has 0 bridgehead atoms. The third-order valence-corrected chi connectivity index (χ3v) is 3.35. The molecule has 0 spiro atoms. The van der Waals surface area contributed by atoms with Crippen molar-refractivity contribution in [2.45, 2.75) is 12.0 Å². The molecule has 2 aromatic carbocycles. The van der Waals surface area contributed by atoms with Crippen LogP contribution < -0.4 is 0 Å². The molecule has 18 heavy (non-hydrogen) atoms. The largest absolute Gasteiger partial charge is 0.355 e. The lowest BCUT2D eigenvalue weighted by atomic mass is 9.89. The molecule has 2 aromatic rings. The van der Waals surface area contributed by atoms with Crippen LogP contribution in [0.15, 0.2) is 60.7 Å². The summed E-state index contributed by atoms with van der Waals surface area (Å²) in [4.78, 5) is 0. The highest BCUT2D eigenvalue weighted by Gasteiger charge is 2.29. The smallest absolute Gasteiger partial charge is 0.147 e. The number of hydrogen-bond acceptors (Lipinski definition) is 2. The fourth-order valence-corrected chi connectivity index (χ4v) is 2.44. The van der Waals surface area contributed by atoms with E-state index < -0.39 is 0 Å². The van der Waals surface area contributed by atoms with E-state index in [4.69, 9.17) is 9.47 Å². The Balaban J connectivity index is 1.92. The molecule has 2 nitrogen and oxygen atoms in total. The predicted molar refractivity (Wildman–Crippen MR) is 70.3 cm³/mol. The molecule has 1 aliphatic rings. The minimum atomic E-state index is 0.0855. The quantitative estimate of drug-likeness (QED) is 0.799. The van der Waals surface area contributed by atoms with Crippen molar-refractivity contribution in [1.82, 2.24) is 0 Å². The Morgan fingerprint density at radius 2 is 1.39 bits per heavy atom. The van der Waals surface area contributed by atoms with Crippen LogP contribution in [-0.2, 0) is 9.47 Å². The second kappa shape index (κ2) is 5.34. The van der Waals surface area contributed by atoms with Gasteiger partial charge in [0.1, 0.15) is 6.79 Å². The lowest BCUT2D eigenvalue weighted by Gasteiger charge is -2.32. The van der Waals surface area contributed by atoms with E-state index in [1.54, 1.807) is 0 Å². The normalized spacial score (nSPS) is 23.8. The molecule has 1 saturated heterocycles. The average molecular weight is 240 g/mol. The van der Waals surface area contributed by atoms with E-state index in [9.17, 15) is 0 Å². The highest BCUT2D eigenvalue weighted by atomic mass is 16.7. The molecule has 2 atom stereocenters. The van der Waals surface area contributed by atoms with Crippen LogP contribution in [0, 0.1) is 0 Å². The van der Waals surface area contributed by atoms with Gasteiger partial charge in [-0.2, -0.15) is 0 Å². The molecule has 0 aromatic heterocycles. The van der Waals surface area contributed by atoms with Gasteiger partial charge in [-0.05, 0) is 11.1 Å². The Morgan fingerprint density at radius 3 is 2.06 bits per heavy atom. The van der Waals surface area contributed by atoms with Crippen LogP contribution in [0.2, 0.25) is 0 Å². The summed E-state index contributed by atoms with van der Waals surface area (Å²) in [7, 11) is 0. The first-order chi connectivity index (χ1) is 8.95. The van der Waals surface area contributed by atoms with Crippen LogP contribution in [0.4, 0.5) is 0 Å². The van der Waals surface area contributed by atoms with Gasteiger partial charge in [-0.25, -0.2) is 0 Å². The van der Waals surface area contributed by atoms with E-state index >= 15 is 0 Å². The predicted octanol–water partition coefficient (Wildman–Crippen LogP) is 3.52. The second-order valence-electron chi connectivity index (χ2n) is 4.50. The van der Waals surface area contributed by atoms with Gasteiger partial charge >= 0.3 is 0 Å². The topological polar surface area (TPSA) is 18.5 Å². The average Bonchev–Trinajstić information content (AvgIpc) is 2.49. The molecule has 92 valence electrons. The molecular weight excluding hydrogens is 224 g/mol. The van der Waals surface area contributed by atoms with Gasteiger partial charge < -0.3 is 9.47 Å². The molecule has 0 N–H and O–H groups in total. The summed E-state index contributed by atoms with van der Waals surface area (Å²) in [6.45, 7) is 1.09. The van der Waals surface area contributed by atoms with Crippen LogP contribution in [0.5, 0.6) is 0 Å². The molecule has 3 rings (SSSR count). The van der Waals surface area contributed by atoms with E-state index in [1.807, 2.05) is 12.1 Å². The molecule has 2 unspecified atom stereocenters. The van der Waals surface area contributed by atoms with Crippen molar-refractivity contribution >= 4 is 0 Å². The number of ether oxygens (including phenoxy) is 2. The molecule has 1 heterocycles. The third-order valence-electron chi connectivity index (χ3n) is 3.35.